The van der Waals surface area contributed by atoms with Crippen LogP contribution in [0.5, 0.6) is 5.75 Å². The summed E-state index contributed by atoms with van der Waals surface area (Å²) in [6.45, 7) is 1.83. The maximum atomic E-state index is 14.7. The average molecular weight is 406 g/mol. The van der Waals surface area contributed by atoms with Crippen LogP contribution in [0.3, 0.4) is 0 Å². The summed E-state index contributed by atoms with van der Waals surface area (Å²) in [4.78, 5) is 0. The number of hydrogen-bond acceptors (Lipinski definition) is 1. The van der Waals surface area contributed by atoms with Crippen LogP contribution in [0.4, 0.5) is 17.6 Å². The molecule has 0 spiro atoms. The molecule has 0 heterocycles. The highest BCUT2D eigenvalue weighted by atomic mass is 19.2. The second-order valence-corrected chi connectivity index (χ2v) is 8.30. The van der Waals surface area contributed by atoms with E-state index in [2.05, 4.69) is 0 Å². The third-order valence-corrected chi connectivity index (χ3v) is 6.82. The average Bonchev–Trinajstić information content (AvgIpc) is 3.32. The third kappa shape index (κ3) is 3.76. The van der Waals surface area contributed by atoms with E-state index in [1.807, 2.05) is 0 Å². The van der Waals surface area contributed by atoms with Gasteiger partial charge in [-0.05, 0) is 74.5 Å². The zero-order valence-electron chi connectivity index (χ0n) is 16.6. The maximum Gasteiger partial charge on any atom is 0.201 e. The number of ether oxygens (including phenoxy) is 1. The van der Waals surface area contributed by atoms with E-state index in [9.17, 15) is 17.6 Å². The summed E-state index contributed by atoms with van der Waals surface area (Å²) in [5.74, 6) is -2.62. The fraction of sp³-hybridized carbons (Fsp3) is 0.500. The largest absolute Gasteiger partial charge is 0.491 e. The molecule has 1 nitrogen and oxygen atoms in total. The van der Waals surface area contributed by atoms with Crippen molar-refractivity contribution in [3.05, 3.63) is 53.1 Å². The van der Waals surface area contributed by atoms with Crippen LogP contribution in [0, 0.1) is 41.0 Å². The Hall–Kier alpha value is -2.04. The number of fused-ring (bicyclic) bond motifs is 1. The lowest BCUT2D eigenvalue weighted by Gasteiger charge is -2.19. The molecule has 156 valence electrons. The zero-order valence-corrected chi connectivity index (χ0v) is 16.6. The minimum absolute atomic E-state index is 0.177. The normalized spacial score (nSPS) is 23.4. The number of rotatable bonds is 6. The summed E-state index contributed by atoms with van der Waals surface area (Å²) in [6, 6.07) is 5.31. The van der Waals surface area contributed by atoms with E-state index in [1.54, 1.807) is 6.92 Å². The van der Waals surface area contributed by atoms with Crippen LogP contribution in [0.1, 0.15) is 51.0 Å². The number of halogens is 4. The topological polar surface area (TPSA) is 9.23 Å². The van der Waals surface area contributed by atoms with Crippen molar-refractivity contribution in [2.24, 2.45) is 17.8 Å². The lowest BCUT2D eigenvalue weighted by Crippen LogP contribution is -2.11. The van der Waals surface area contributed by atoms with Gasteiger partial charge in [0.2, 0.25) is 5.82 Å². The van der Waals surface area contributed by atoms with Crippen LogP contribution in [-0.4, -0.2) is 6.61 Å². The SMILES string of the molecule is CCOc1ccc(-c2ccc(CCC3CCC4CCCC43)c(F)c2F)c(F)c1F. The Morgan fingerprint density at radius 3 is 2.31 bits per heavy atom. The first-order valence-electron chi connectivity index (χ1n) is 10.6. The highest BCUT2D eigenvalue weighted by molar-refractivity contribution is 5.66. The minimum Gasteiger partial charge on any atom is -0.491 e. The fourth-order valence-corrected chi connectivity index (χ4v) is 5.38. The summed E-state index contributed by atoms with van der Waals surface area (Å²) in [5, 5.41) is 0. The van der Waals surface area contributed by atoms with Gasteiger partial charge in [-0.15, -0.1) is 0 Å². The first-order valence-corrected chi connectivity index (χ1v) is 10.6. The van der Waals surface area contributed by atoms with Gasteiger partial charge in [0.05, 0.1) is 6.61 Å². The molecule has 0 bridgehead atoms. The van der Waals surface area contributed by atoms with Crippen LogP contribution in [0.2, 0.25) is 0 Å². The monoisotopic (exact) mass is 406 g/mol. The second-order valence-electron chi connectivity index (χ2n) is 8.30. The molecule has 3 unspecified atom stereocenters. The van der Waals surface area contributed by atoms with E-state index in [0.29, 0.717) is 17.9 Å². The van der Waals surface area contributed by atoms with Gasteiger partial charge in [0, 0.05) is 11.1 Å². The number of benzene rings is 2. The Bertz CT molecular complexity index is 895. The van der Waals surface area contributed by atoms with E-state index >= 15 is 0 Å². The molecule has 0 radical (unpaired) electrons. The molecular formula is C24H26F4O. The molecule has 2 aliphatic carbocycles. The van der Waals surface area contributed by atoms with Gasteiger partial charge >= 0.3 is 0 Å². The Balaban J connectivity index is 1.54. The molecule has 0 aromatic heterocycles. The summed E-state index contributed by atoms with van der Waals surface area (Å²) in [5.41, 5.74) is -0.277. The summed E-state index contributed by atoms with van der Waals surface area (Å²) in [7, 11) is 0. The second kappa shape index (κ2) is 8.37. The van der Waals surface area contributed by atoms with Gasteiger partial charge in [0.1, 0.15) is 0 Å². The fourth-order valence-electron chi connectivity index (χ4n) is 5.38. The van der Waals surface area contributed by atoms with Crippen LogP contribution < -0.4 is 4.74 Å². The quantitative estimate of drug-likeness (QED) is 0.466. The van der Waals surface area contributed by atoms with Crippen molar-refractivity contribution in [3.8, 4) is 16.9 Å². The molecular weight excluding hydrogens is 380 g/mol. The van der Waals surface area contributed by atoms with Gasteiger partial charge in [0.15, 0.2) is 23.2 Å². The van der Waals surface area contributed by atoms with Crippen molar-refractivity contribution in [1.29, 1.82) is 0 Å². The minimum atomic E-state index is -1.24. The third-order valence-electron chi connectivity index (χ3n) is 6.82. The maximum absolute atomic E-state index is 14.7. The molecule has 0 aliphatic heterocycles. The molecule has 2 fully saturated rings. The number of aryl methyl sites for hydroxylation is 1. The molecule has 2 saturated carbocycles. The van der Waals surface area contributed by atoms with Crippen LogP contribution in [-0.2, 0) is 6.42 Å². The summed E-state index contributed by atoms with van der Waals surface area (Å²) >= 11 is 0. The molecule has 0 amide bonds. The molecule has 2 aromatic rings. The van der Waals surface area contributed by atoms with Crippen LogP contribution in [0.25, 0.3) is 11.1 Å². The van der Waals surface area contributed by atoms with Gasteiger partial charge in [-0.3, -0.25) is 0 Å². The Morgan fingerprint density at radius 1 is 0.828 bits per heavy atom. The highest BCUT2D eigenvalue weighted by Gasteiger charge is 2.38. The van der Waals surface area contributed by atoms with E-state index in [-0.39, 0.29) is 23.5 Å². The van der Waals surface area contributed by atoms with E-state index in [4.69, 9.17) is 4.74 Å². The summed E-state index contributed by atoms with van der Waals surface area (Å²) < 4.78 is 63.0. The van der Waals surface area contributed by atoms with Crippen molar-refractivity contribution in [1.82, 2.24) is 0 Å². The van der Waals surface area contributed by atoms with Gasteiger partial charge in [-0.25, -0.2) is 13.2 Å². The molecule has 2 aliphatic rings. The first kappa shape index (κ1) is 20.2. The lowest BCUT2D eigenvalue weighted by atomic mass is 9.87. The molecule has 4 rings (SSSR count). The smallest absolute Gasteiger partial charge is 0.201 e. The van der Waals surface area contributed by atoms with Crippen molar-refractivity contribution in [3.63, 3.8) is 0 Å². The number of hydrogen-bond donors (Lipinski definition) is 0. The van der Waals surface area contributed by atoms with Crippen molar-refractivity contribution >= 4 is 0 Å². The van der Waals surface area contributed by atoms with Crippen LogP contribution >= 0.6 is 0 Å². The van der Waals surface area contributed by atoms with Gasteiger partial charge in [0.25, 0.3) is 0 Å². The Labute approximate surface area is 169 Å². The van der Waals surface area contributed by atoms with Crippen molar-refractivity contribution < 1.29 is 22.3 Å². The van der Waals surface area contributed by atoms with Gasteiger partial charge in [-0.2, -0.15) is 4.39 Å². The lowest BCUT2D eigenvalue weighted by molar-refractivity contribution is 0.314. The predicted octanol–water partition coefficient (Wildman–Crippen LogP) is 7.07. The van der Waals surface area contributed by atoms with E-state index < -0.39 is 23.3 Å². The summed E-state index contributed by atoms with van der Waals surface area (Å²) in [6.07, 6.45) is 7.60. The zero-order chi connectivity index (χ0) is 20.5. The Morgan fingerprint density at radius 2 is 1.55 bits per heavy atom. The van der Waals surface area contributed by atoms with Gasteiger partial charge < -0.3 is 4.74 Å². The standard InChI is InChI=1S/C24H26F4O/c1-2-29-20-13-12-19(23(27)24(20)28)18-11-10-16(21(25)22(18)26)9-8-15-7-6-14-4-3-5-17(14)15/h10-15,17H,2-9H2,1H3. The van der Waals surface area contributed by atoms with E-state index in [0.717, 1.165) is 18.3 Å². The molecule has 2 aromatic carbocycles. The first-order chi connectivity index (χ1) is 14.0. The highest BCUT2D eigenvalue weighted by Crippen LogP contribution is 2.49. The molecule has 3 atom stereocenters. The predicted molar refractivity (Wildman–Crippen MR) is 105 cm³/mol. The van der Waals surface area contributed by atoms with Crippen LogP contribution in [0.15, 0.2) is 24.3 Å². The van der Waals surface area contributed by atoms with Crippen molar-refractivity contribution in [2.75, 3.05) is 6.61 Å². The van der Waals surface area contributed by atoms with Crippen molar-refractivity contribution in [2.45, 2.75) is 51.9 Å². The molecule has 0 saturated heterocycles. The Kier molecular flexibility index (Phi) is 5.84. The van der Waals surface area contributed by atoms with Gasteiger partial charge in [-0.1, -0.05) is 25.0 Å². The molecule has 29 heavy (non-hydrogen) atoms. The molecule has 5 heteroatoms. The molecule has 0 N–H and O–H groups in total. The van der Waals surface area contributed by atoms with E-state index in [1.165, 1.54) is 56.4 Å².